The van der Waals surface area contributed by atoms with Gasteiger partial charge in [-0.05, 0) is 29.3 Å². The van der Waals surface area contributed by atoms with Crippen molar-refractivity contribution in [2.75, 3.05) is 18.1 Å². The molecule has 0 saturated carbocycles. The summed E-state index contributed by atoms with van der Waals surface area (Å²) >= 11 is 1.63. The zero-order chi connectivity index (χ0) is 17.4. The van der Waals surface area contributed by atoms with Crippen LogP contribution in [0.15, 0.2) is 41.8 Å². The highest BCUT2D eigenvalue weighted by Gasteiger charge is 2.31. The average Bonchev–Trinajstić information content (AvgIpc) is 3.28. The molecule has 0 radical (unpaired) electrons. The average molecular weight is 352 g/mol. The van der Waals surface area contributed by atoms with Crippen molar-refractivity contribution in [3.8, 4) is 11.1 Å². The van der Waals surface area contributed by atoms with Crippen molar-refractivity contribution in [1.29, 1.82) is 0 Å². The zero-order valence-electron chi connectivity index (χ0n) is 14.4. The highest BCUT2D eigenvalue weighted by Crippen LogP contribution is 2.44. The first kappa shape index (κ1) is 16.1. The van der Waals surface area contributed by atoms with Crippen molar-refractivity contribution in [3.63, 3.8) is 0 Å². The first-order valence-corrected chi connectivity index (χ1v) is 9.49. The number of rotatable bonds is 4. The first-order valence-electron chi connectivity index (χ1n) is 8.61. The Morgan fingerprint density at radius 3 is 2.76 bits per heavy atom. The molecule has 1 saturated heterocycles. The van der Waals surface area contributed by atoms with Crippen molar-refractivity contribution in [3.05, 3.63) is 47.5 Å². The summed E-state index contributed by atoms with van der Waals surface area (Å²) in [7, 11) is 0. The minimum Gasteiger partial charge on any atom is -0.447 e. The maximum atomic E-state index is 12.4. The Labute approximate surface area is 151 Å². The van der Waals surface area contributed by atoms with Gasteiger partial charge in [0.15, 0.2) is 0 Å². The molecular weight excluding hydrogens is 332 g/mol. The fourth-order valence-corrected chi connectivity index (χ4v) is 4.17. The van der Waals surface area contributed by atoms with Crippen LogP contribution in [-0.4, -0.2) is 24.2 Å². The van der Waals surface area contributed by atoms with E-state index in [9.17, 15) is 4.79 Å². The largest absolute Gasteiger partial charge is 0.447 e. The highest BCUT2D eigenvalue weighted by molar-refractivity contribution is 7.17. The van der Waals surface area contributed by atoms with Gasteiger partial charge in [-0.2, -0.15) is 0 Å². The van der Waals surface area contributed by atoms with Crippen molar-refractivity contribution in [2.45, 2.75) is 26.2 Å². The summed E-state index contributed by atoms with van der Waals surface area (Å²) in [6.07, 6.45) is 0.722. The van der Waals surface area contributed by atoms with Crippen LogP contribution in [0.1, 0.15) is 31.9 Å². The number of hydrogen-bond acceptors (Lipinski definition) is 4. The Balaban J connectivity index is 2.08. The third kappa shape index (κ3) is 2.68. The van der Waals surface area contributed by atoms with Gasteiger partial charge < -0.3 is 4.74 Å². The van der Waals surface area contributed by atoms with Gasteiger partial charge in [0.05, 0.1) is 28.1 Å². The molecule has 128 valence electrons. The van der Waals surface area contributed by atoms with Crippen LogP contribution in [0, 0.1) is 0 Å². The van der Waals surface area contributed by atoms with E-state index in [-0.39, 0.29) is 6.09 Å². The summed E-state index contributed by atoms with van der Waals surface area (Å²) in [5, 5.41) is 2.04. The maximum Gasteiger partial charge on any atom is 0.414 e. The van der Waals surface area contributed by atoms with E-state index in [2.05, 4.69) is 26.0 Å². The van der Waals surface area contributed by atoms with Crippen LogP contribution in [0.4, 0.5) is 10.5 Å². The van der Waals surface area contributed by atoms with Crippen LogP contribution in [0.25, 0.3) is 21.3 Å². The van der Waals surface area contributed by atoms with E-state index in [1.807, 2.05) is 29.6 Å². The van der Waals surface area contributed by atoms with E-state index in [0.717, 1.165) is 39.1 Å². The van der Waals surface area contributed by atoms with E-state index >= 15 is 0 Å². The Hall–Kier alpha value is -2.40. The summed E-state index contributed by atoms with van der Waals surface area (Å²) in [5.74, 6) is 0.303. The van der Waals surface area contributed by atoms with E-state index in [0.29, 0.717) is 19.1 Å². The third-order valence-electron chi connectivity index (χ3n) is 4.77. The van der Waals surface area contributed by atoms with Gasteiger partial charge in [0, 0.05) is 5.56 Å². The molecule has 1 amide bonds. The van der Waals surface area contributed by atoms with E-state index < -0.39 is 0 Å². The molecule has 1 aliphatic rings. The van der Waals surface area contributed by atoms with Crippen molar-refractivity contribution in [1.82, 2.24) is 4.98 Å². The van der Waals surface area contributed by atoms with Crippen molar-refractivity contribution < 1.29 is 9.53 Å². The highest BCUT2D eigenvalue weighted by atomic mass is 32.1. The number of carbonyl (C=O) groups excluding carboxylic acids is 1. The molecule has 4 nitrogen and oxygen atoms in total. The summed E-state index contributed by atoms with van der Waals surface area (Å²) in [6.45, 7) is 5.37. The van der Waals surface area contributed by atoms with E-state index in [1.165, 1.54) is 0 Å². The smallest absolute Gasteiger partial charge is 0.414 e. The molecule has 0 aliphatic carbocycles. The number of carbonyl (C=O) groups is 1. The number of pyridine rings is 1. The number of thiophene rings is 1. The van der Waals surface area contributed by atoms with Crippen LogP contribution in [-0.2, 0) is 4.74 Å². The molecule has 1 aliphatic heterocycles. The summed E-state index contributed by atoms with van der Waals surface area (Å²) in [6, 6.07) is 12.3. The Morgan fingerprint density at radius 1 is 1.28 bits per heavy atom. The second-order valence-corrected chi connectivity index (χ2v) is 7.21. The normalized spacial score (nSPS) is 15.6. The quantitative estimate of drug-likeness (QED) is 0.628. The molecule has 3 heterocycles. The number of anilines is 1. The Bertz CT molecular complexity index is 920. The van der Waals surface area contributed by atoms with Crippen LogP contribution in [0.5, 0.6) is 0 Å². The predicted molar refractivity (Wildman–Crippen MR) is 102 cm³/mol. The number of hydrogen-bond donors (Lipinski definition) is 0. The number of fused-ring (bicyclic) bond motifs is 1. The van der Waals surface area contributed by atoms with E-state index in [4.69, 9.17) is 9.72 Å². The maximum absolute atomic E-state index is 12.4. The molecule has 1 unspecified atom stereocenters. The fraction of sp³-hybridized carbons (Fsp3) is 0.300. The first-order chi connectivity index (χ1) is 12.2. The number of ether oxygens (including phenoxy) is 1. The van der Waals surface area contributed by atoms with Crippen LogP contribution >= 0.6 is 11.3 Å². The molecular formula is C20H20N2O2S. The van der Waals surface area contributed by atoms with Gasteiger partial charge >= 0.3 is 6.09 Å². The number of benzene rings is 1. The summed E-state index contributed by atoms with van der Waals surface area (Å²) in [5.41, 5.74) is 5.10. The lowest BCUT2D eigenvalue weighted by atomic mass is 9.93. The van der Waals surface area contributed by atoms with Crippen LogP contribution in [0.3, 0.4) is 0 Å². The molecule has 1 fully saturated rings. The monoisotopic (exact) mass is 352 g/mol. The van der Waals surface area contributed by atoms with Crippen LogP contribution in [0.2, 0.25) is 0 Å². The van der Waals surface area contributed by atoms with Gasteiger partial charge in [-0.25, -0.2) is 4.79 Å². The van der Waals surface area contributed by atoms with Crippen LogP contribution < -0.4 is 4.90 Å². The number of nitrogens with zero attached hydrogens (tertiary/aromatic N) is 2. The molecule has 0 bridgehead atoms. The summed E-state index contributed by atoms with van der Waals surface area (Å²) < 4.78 is 6.28. The fourth-order valence-electron chi connectivity index (χ4n) is 3.28. The number of amides is 1. The summed E-state index contributed by atoms with van der Waals surface area (Å²) in [4.78, 5) is 19.1. The second kappa shape index (κ2) is 6.48. The molecule has 0 spiro atoms. The molecule has 2 aromatic heterocycles. The number of cyclic esters (lactones) is 1. The van der Waals surface area contributed by atoms with Gasteiger partial charge in [0.1, 0.15) is 6.61 Å². The van der Waals surface area contributed by atoms with Crippen molar-refractivity contribution >= 4 is 33.3 Å². The van der Waals surface area contributed by atoms with Gasteiger partial charge in [-0.3, -0.25) is 9.88 Å². The van der Waals surface area contributed by atoms with Gasteiger partial charge in [-0.15, -0.1) is 11.3 Å². The van der Waals surface area contributed by atoms with E-state index in [1.54, 1.807) is 16.2 Å². The molecule has 4 rings (SSSR count). The van der Waals surface area contributed by atoms with Gasteiger partial charge in [0.2, 0.25) is 0 Å². The van der Waals surface area contributed by atoms with Crippen molar-refractivity contribution in [2.24, 2.45) is 0 Å². The molecule has 1 aromatic carbocycles. The standard InChI is InChI=1S/C20H20N2O2S/c1-3-13(2)17-16(14-7-5-4-6-8-14)18(22-10-11-24-20(22)23)19-15(21-17)9-12-25-19/h4-9,12-13H,3,10-11H2,1-2H3. The predicted octanol–water partition coefficient (Wildman–Crippen LogP) is 5.43. The molecule has 25 heavy (non-hydrogen) atoms. The van der Waals surface area contributed by atoms with Gasteiger partial charge in [-0.1, -0.05) is 44.2 Å². The lowest BCUT2D eigenvalue weighted by Gasteiger charge is -2.23. The molecule has 3 aromatic rings. The molecule has 0 N–H and O–H groups in total. The van der Waals surface area contributed by atoms with Gasteiger partial charge in [0.25, 0.3) is 0 Å². The molecule has 1 atom stereocenters. The topological polar surface area (TPSA) is 42.4 Å². The zero-order valence-corrected chi connectivity index (χ0v) is 15.2. The molecule has 5 heteroatoms. The lowest BCUT2D eigenvalue weighted by molar-refractivity contribution is 0.181. The number of aromatic nitrogens is 1. The third-order valence-corrected chi connectivity index (χ3v) is 5.68. The Kier molecular flexibility index (Phi) is 4.17. The minimum absolute atomic E-state index is 0.270. The lowest BCUT2D eigenvalue weighted by Crippen LogP contribution is -2.25. The minimum atomic E-state index is -0.270. The SMILES string of the molecule is CCC(C)c1nc2ccsc2c(N2CCOC2=O)c1-c1ccccc1. The Morgan fingerprint density at radius 2 is 2.08 bits per heavy atom. The second-order valence-electron chi connectivity index (χ2n) is 6.30.